The molecule has 1 aliphatic rings. The molecule has 0 bridgehead atoms. The van der Waals surface area contributed by atoms with E-state index in [4.69, 9.17) is 9.47 Å². The van der Waals surface area contributed by atoms with E-state index >= 15 is 0 Å². The molecule has 2 aromatic heterocycles. The van der Waals surface area contributed by atoms with Gasteiger partial charge in [-0.3, -0.25) is 10.1 Å². The first-order valence-electron chi connectivity index (χ1n) is 10.6. The highest BCUT2D eigenvalue weighted by atomic mass is 16.6. The maximum Gasteiger partial charge on any atom is 0.311 e. The normalized spacial score (nSPS) is 14.4. The second-order valence-corrected chi connectivity index (χ2v) is 7.57. The minimum Gasteiger partial charge on any atom is -0.487 e. The van der Waals surface area contributed by atoms with E-state index in [-0.39, 0.29) is 11.4 Å². The van der Waals surface area contributed by atoms with E-state index in [9.17, 15) is 10.1 Å². The van der Waals surface area contributed by atoms with Gasteiger partial charge in [0.1, 0.15) is 24.0 Å². The summed E-state index contributed by atoms with van der Waals surface area (Å²) < 4.78 is 13.1. The van der Waals surface area contributed by atoms with E-state index in [2.05, 4.69) is 25.7 Å². The lowest BCUT2D eigenvalue weighted by atomic mass is 10.1. The van der Waals surface area contributed by atoms with Gasteiger partial charge in [-0.1, -0.05) is 0 Å². The van der Waals surface area contributed by atoms with Gasteiger partial charge in [0.05, 0.1) is 23.6 Å². The molecular weight excluding hydrogens is 438 g/mol. The lowest BCUT2D eigenvalue weighted by molar-refractivity contribution is -0.385. The van der Waals surface area contributed by atoms with Gasteiger partial charge in [-0.2, -0.15) is 5.10 Å². The predicted octanol–water partition coefficient (Wildman–Crippen LogP) is 4.70. The third-order valence-electron chi connectivity index (χ3n) is 5.32. The molecule has 1 unspecified atom stereocenters. The number of hydrogen-bond donors (Lipinski definition) is 2. The second kappa shape index (κ2) is 8.70. The summed E-state index contributed by atoms with van der Waals surface area (Å²) in [6.07, 6.45) is 4.32. The van der Waals surface area contributed by atoms with Crippen LogP contribution in [0.5, 0.6) is 17.2 Å². The van der Waals surface area contributed by atoms with E-state index in [1.807, 2.05) is 37.3 Å². The van der Waals surface area contributed by atoms with Gasteiger partial charge >= 0.3 is 5.69 Å². The molecule has 0 saturated carbocycles. The van der Waals surface area contributed by atoms with Crippen LogP contribution < -0.4 is 20.1 Å². The smallest absolute Gasteiger partial charge is 0.311 e. The van der Waals surface area contributed by atoms with Crippen molar-refractivity contribution < 1.29 is 14.4 Å². The van der Waals surface area contributed by atoms with Crippen molar-refractivity contribution in [3.05, 3.63) is 76.2 Å². The topological polar surface area (TPSA) is 128 Å². The quantitative estimate of drug-likeness (QED) is 0.301. The molecule has 34 heavy (non-hydrogen) atoms. The number of pyridine rings is 1. The molecule has 11 heteroatoms. The Balaban J connectivity index is 1.38. The number of ether oxygens (including phenoxy) is 2. The van der Waals surface area contributed by atoms with Crippen LogP contribution in [0.2, 0.25) is 0 Å². The Morgan fingerprint density at radius 2 is 2.09 bits per heavy atom. The highest BCUT2D eigenvalue weighted by Gasteiger charge is 2.25. The van der Waals surface area contributed by atoms with E-state index in [0.29, 0.717) is 35.0 Å². The molecule has 0 amide bonds. The summed E-state index contributed by atoms with van der Waals surface area (Å²) >= 11 is 0. The van der Waals surface area contributed by atoms with Gasteiger partial charge in [-0.25, -0.2) is 14.5 Å². The van der Waals surface area contributed by atoms with Crippen molar-refractivity contribution in [2.24, 2.45) is 4.99 Å². The summed E-state index contributed by atoms with van der Waals surface area (Å²) in [7, 11) is 0. The first-order chi connectivity index (χ1) is 16.5. The molecule has 5 rings (SSSR count). The maximum atomic E-state index is 11.6. The van der Waals surface area contributed by atoms with Gasteiger partial charge < -0.3 is 20.1 Å². The molecule has 2 N–H and O–H groups in total. The first kappa shape index (κ1) is 21.2. The number of hydrogen-bond acceptors (Lipinski definition) is 9. The fourth-order valence-corrected chi connectivity index (χ4v) is 3.72. The van der Waals surface area contributed by atoms with E-state index < -0.39 is 11.1 Å². The summed E-state index contributed by atoms with van der Waals surface area (Å²) in [5.41, 5.74) is 3.64. The Morgan fingerprint density at radius 3 is 2.88 bits per heavy atom. The van der Waals surface area contributed by atoms with Crippen molar-refractivity contribution in [2.45, 2.75) is 20.0 Å². The van der Waals surface area contributed by atoms with Gasteiger partial charge in [-0.05, 0) is 43.7 Å². The highest BCUT2D eigenvalue weighted by Crippen LogP contribution is 2.39. The number of rotatable bonds is 7. The molecule has 0 spiro atoms. The molecule has 172 valence electrons. The first-order valence-corrected chi connectivity index (χ1v) is 10.6. The van der Waals surface area contributed by atoms with Crippen molar-refractivity contribution in [3.8, 4) is 17.2 Å². The molecule has 3 heterocycles. The predicted molar refractivity (Wildman–Crippen MR) is 127 cm³/mol. The van der Waals surface area contributed by atoms with Crippen LogP contribution in [0.15, 0.2) is 60.0 Å². The zero-order chi connectivity index (χ0) is 23.7. The van der Waals surface area contributed by atoms with Crippen LogP contribution in [0.25, 0.3) is 5.65 Å². The zero-order valence-electron chi connectivity index (χ0n) is 18.4. The third-order valence-corrected chi connectivity index (χ3v) is 5.32. The number of nitro groups is 1. The molecule has 4 aromatic rings. The number of aryl methyl sites for hydroxylation is 1. The third kappa shape index (κ3) is 4.06. The van der Waals surface area contributed by atoms with Crippen LogP contribution in [0.3, 0.4) is 0 Å². The Kier molecular flexibility index (Phi) is 5.42. The standard InChI is InChI=1S/C23H21N7O4/c1-3-33-21-11-18-17(10-19(21)30(31)32)23(26-12-24-18)28-15-4-5-20(14(2)8-15)34-16-6-7-29-22(9-16)25-13-27-29/h4-13,23,28H,3H2,1-2H3,(H,24,26). The number of aliphatic imine (C=N–C) groups is 1. The molecular formula is C23H21N7O4. The summed E-state index contributed by atoms with van der Waals surface area (Å²) in [6.45, 7) is 4.05. The zero-order valence-corrected chi connectivity index (χ0v) is 18.4. The van der Waals surface area contributed by atoms with Crippen LogP contribution in [0.4, 0.5) is 17.1 Å². The Morgan fingerprint density at radius 1 is 1.21 bits per heavy atom. The summed E-state index contributed by atoms with van der Waals surface area (Å²) in [5.74, 6) is 1.56. The average Bonchev–Trinajstić information content (AvgIpc) is 3.29. The number of benzene rings is 2. The van der Waals surface area contributed by atoms with Crippen LogP contribution in [0, 0.1) is 17.0 Å². The number of anilines is 2. The van der Waals surface area contributed by atoms with Crippen molar-refractivity contribution in [3.63, 3.8) is 0 Å². The van der Waals surface area contributed by atoms with Crippen molar-refractivity contribution in [2.75, 3.05) is 17.2 Å². The molecule has 0 radical (unpaired) electrons. The lowest BCUT2D eigenvalue weighted by Gasteiger charge is -2.24. The van der Waals surface area contributed by atoms with Crippen LogP contribution in [0.1, 0.15) is 24.2 Å². The number of aromatic nitrogens is 3. The largest absolute Gasteiger partial charge is 0.487 e. The Bertz CT molecular complexity index is 1420. The van der Waals surface area contributed by atoms with Crippen LogP contribution in [-0.4, -0.2) is 32.5 Å². The molecule has 1 aliphatic heterocycles. The Hall–Kier alpha value is -4.67. The van der Waals surface area contributed by atoms with Gasteiger partial charge in [0.2, 0.25) is 0 Å². The molecule has 1 atom stereocenters. The minimum atomic E-state index is -0.507. The fourth-order valence-electron chi connectivity index (χ4n) is 3.72. The van der Waals surface area contributed by atoms with Gasteiger partial charge in [0, 0.05) is 35.6 Å². The van der Waals surface area contributed by atoms with E-state index in [1.54, 1.807) is 30.0 Å². The molecule has 0 saturated heterocycles. The second-order valence-electron chi connectivity index (χ2n) is 7.57. The molecule has 2 aromatic carbocycles. The monoisotopic (exact) mass is 459 g/mol. The number of fused-ring (bicyclic) bond motifs is 2. The van der Waals surface area contributed by atoms with Crippen LogP contribution in [-0.2, 0) is 0 Å². The van der Waals surface area contributed by atoms with E-state index in [1.165, 1.54) is 12.4 Å². The lowest BCUT2D eigenvalue weighted by Crippen LogP contribution is -2.17. The number of nitrogens with zero attached hydrogens (tertiary/aromatic N) is 5. The fraction of sp³-hybridized carbons (Fsp3) is 0.174. The van der Waals surface area contributed by atoms with Gasteiger partial charge in [0.15, 0.2) is 11.4 Å². The van der Waals surface area contributed by atoms with Gasteiger partial charge in [0.25, 0.3) is 0 Å². The Labute approximate surface area is 194 Å². The molecule has 11 nitrogen and oxygen atoms in total. The number of nitrogens with one attached hydrogen (secondary N) is 2. The summed E-state index contributed by atoms with van der Waals surface area (Å²) in [6, 6.07) is 12.4. The van der Waals surface area contributed by atoms with Gasteiger partial charge in [-0.15, -0.1) is 0 Å². The molecule has 0 aliphatic carbocycles. The number of nitro benzene ring substituents is 1. The minimum absolute atomic E-state index is 0.101. The SMILES string of the molecule is CCOc1cc2c(cc1[N+](=O)[O-])C(Nc1ccc(Oc3ccn4ncnc4c3)c(C)c1)N=CN2. The maximum absolute atomic E-state index is 11.6. The average molecular weight is 459 g/mol. The van der Waals surface area contributed by atoms with Crippen molar-refractivity contribution >= 4 is 29.0 Å². The summed E-state index contributed by atoms with van der Waals surface area (Å²) in [4.78, 5) is 19.7. The highest BCUT2D eigenvalue weighted by molar-refractivity contribution is 5.83. The summed E-state index contributed by atoms with van der Waals surface area (Å²) in [5, 5.41) is 22.0. The van der Waals surface area contributed by atoms with Crippen LogP contribution >= 0.6 is 0 Å². The van der Waals surface area contributed by atoms with E-state index in [0.717, 1.165) is 11.3 Å². The molecule has 0 fully saturated rings. The van der Waals surface area contributed by atoms with Crippen molar-refractivity contribution in [1.29, 1.82) is 0 Å². The van der Waals surface area contributed by atoms with Crippen molar-refractivity contribution in [1.82, 2.24) is 14.6 Å².